The van der Waals surface area contributed by atoms with E-state index in [9.17, 15) is 0 Å². The lowest BCUT2D eigenvalue weighted by Crippen LogP contribution is -2.29. The molecule has 1 saturated carbocycles. The average Bonchev–Trinajstić information content (AvgIpc) is 2.38. The van der Waals surface area contributed by atoms with Crippen molar-refractivity contribution < 1.29 is 4.74 Å². The molecular weight excluding hydrogens is 250 g/mol. The molecule has 1 heterocycles. The van der Waals surface area contributed by atoms with Crippen LogP contribution in [0.15, 0.2) is 0 Å². The zero-order chi connectivity index (χ0) is 14.8. The van der Waals surface area contributed by atoms with Crippen molar-refractivity contribution >= 4 is 5.82 Å². The lowest BCUT2D eigenvalue weighted by molar-refractivity contribution is 0.0940. The predicted octanol–water partition coefficient (Wildman–Crippen LogP) is 3.87. The molecule has 112 valence electrons. The molecule has 20 heavy (non-hydrogen) atoms. The van der Waals surface area contributed by atoms with Gasteiger partial charge in [0.05, 0.1) is 5.56 Å². The summed E-state index contributed by atoms with van der Waals surface area (Å²) in [6, 6.07) is 0. The topological polar surface area (TPSA) is 47.0 Å². The van der Waals surface area contributed by atoms with Gasteiger partial charge in [0.1, 0.15) is 17.7 Å². The van der Waals surface area contributed by atoms with Gasteiger partial charge in [0.15, 0.2) is 0 Å². The summed E-state index contributed by atoms with van der Waals surface area (Å²) in [5.74, 6) is 2.40. The van der Waals surface area contributed by atoms with Crippen LogP contribution in [0.4, 0.5) is 5.82 Å². The van der Waals surface area contributed by atoms with Crippen molar-refractivity contribution in [2.45, 2.75) is 66.4 Å². The van der Waals surface area contributed by atoms with Gasteiger partial charge in [-0.05, 0) is 51.9 Å². The maximum absolute atomic E-state index is 6.16. The number of ether oxygens (including phenoxy) is 1. The maximum atomic E-state index is 6.16. The summed E-state index contributed by atoms with van der Waals surface area (Å²) in [5.41, 5.74) is 1.48. The van der Waals surface area contributed by atoms with Crippen molar-refractivity contribution in [3.63, 3.8) is 0 Å². The van der Waals surface area contributed by atoms with Gasteiger partial charge < -0.3 is 10.1 Å². The highest BCUT2D eigenvalue weighted by Gasteiger charge is 2.28. The molecule has 0 aliphatic heterocycles. The SMILES string of the molecule is CCNc1nc(C)nc(OC2CCC(C)(C)CC2)c1C. The minimum Gasteiger partial charge on any atom is -0.474 e. The second-order valence-electron chi connectivity index (χ2n) is 6.56. The van der Waals surface area contributed by atoms with E-state index in [0.717, 1.165) is 42.5 Å². The monoisotopic (exact) mass is 277 g/mol. The molecule has 1 aromatic rings. The van der Waals surface area contributed by atoms with Gasteiger partial charge in [0.25, 0.3) is 0 Å². The first-order valence-corrected chi connectivity index (χ1v) is 7.67. The Morgan fingerprint density at radius 1 is 1.20 bits per heavy atom. The van der Waals surface area contributed by atoms with E-state index in [1.165, 1.54) is 12.8 Å². The highest BCUT2D eigenvalue weighted by atomic mass is 16.5. The predicted molar refractivity (Wildman–Crippen MR) is 82.3 cm³/mol. The van der Waals surface area contributed by atoms with Crippen LogP contribution in [-0.4, -0.2) is 22.6 Å². The van der Waals surface area contributed by atoms with Crippen LogP contribution in [0.1, 0.15) is 57.8 Å². The van der Waals surface area contributed by atoms with Gasteiger partial charge >= 0.3 is 0 Å². The number of rotatable bonds is 4. The third-order valence-electron chi connectivity index (χ3n) is 4.12. The molecule has 0 spiro atoms. The Morgan fingerprint density at radius 3 is 2.45 bits per heavy atom. The van der Waals surface area contributed by atoms with Crippen LogP contribution in [-0.2, 0) is 0 Å². The molecule has 0 bridgehead atoms. The summed E-state index contributed by atoms with van der Waals surface area (Å²) in [7, 11) is 0. The van der Waals surface area contributed by atoms with Crippen LogP contribution in [0, 0.1) is 19.3 Å². The zero-order valence-corrected chi connectivity index (χ0v) is 13.4. The van der Waals surface area contributed by atoms with E-state index in [1.807, 2.05) is 13.8 Å². The molecule has 0 saturated heterocycles. The van der Waals surface area contributed by atoms with E-state index < -0.39 is 0 Å². The summed E-state index contributed by atoms with van der Waals surface area (Å²) < 4.78 is 6.16. The normalized spacial score (nSPS) is 18.9. The van der Waals surface area contributed by atoms with Gasteiger partial charge in [0.2, 0.25) is 5.88 Å². The molecule has 2 rings (SSSR count). The van der Waals surface area contributed by atoms with Gasteiger partial charge in [-0.15, -0.1) is 0 Å². The van der Waals surface area contributed by atoms with Gasteiger partial charge in [-0.25, -0.2) is 4.98 Å². The van der Waals surface area contributed by atoms with E-state index in [0.29, 0.717) is 11.5 Å². The standard InChI is InChI=1S/C16H27N3O/c1-6-17-14-11(2)15(19-12(3)18-14)20-13-7-9-16(4,5)10-8-13/h13H,6-10H2,1-5H3,(H,17,18,19). The molecule has 0 unspecified atom stereocenters. The van der Waals surface area contributed by atoms with E-state index in [-0.39, 0.29) is 0 Å². The first-order chi connectivity index (χ1) is 9.41. The lowest BCUT2D eigenvalue weighted by Gasteiger charge is -2.34. The van der Waals surface area contributed by atoms with Gasteiger partial charge in [-0.1, -0.05) is 13.8 Å². The summed E-state index contributed by atoms with van der Waals surface area (Å²) in [5, 5.41) is 3.28. The number of nitrogens with one attached hydrogen (secondary N) is 1. The Kier molecular flexibility index (Phi) is 4.51. The van der Waals surface area contributed by atoms with Crippen LogP contribution in [0.25, 0.3) is 0 Å². The van der Waals surface area contributed by atoms with Crippen LogP contribution >= 0.6 is 0 Å². The Morgan fingerprint density at radius 2 is 1.85 bits per heavy atom. The van der Waals surface area contributed by atoms with Crippen molar-refractivity contribution in [2.24, 2.45) is 5.41 Å². The summed E-state index contributed by atoms with van der Waals surface area (Å²) >= 11 is 0. The van der Waals surface area contributed by atoms with E-state index >= 15 is 0 Å². The second kappa shape index (κ2) is 5.98. The van der Waals surface area contributed by atoms with Crippen molar-refractivity contribution in [2.75, 3.05) is 11.9 Å². The van der Waals surface area contributed by atoms with Crippen molar-refractivity contribution in [1.82, 2.24) is 9.97 Å². The Balaban J connectivity index is 2.09. The van der Waals surface area contributed by atoms with Crippen molar-refractivity contribution in [3.8, 4) is 5.88 Å². The molecule has 1 aliphatic rings. The molecule has 1 fully saturated rings. The molecule has 0 radical (unpaired) electrons. The summed E-state index contributed by atoms with van der Waals surface area (Å²) in [6.07, 6.45) is 4.98. The fraction of sp³-hybridized carbons (Fsp3) is 0.750. The molecule has 1 aliphatic carbocycles. The third kappa shape index (κ3) is 3.62. The molecule has 4 nitrogen and oxygen atoms in total. The lowest BCUT2D eigenvalue weighted by atomic mass is 9.76. The average molecular weight is 277 g/mol. The van der Waals surface area contributed by atoms with Crippen LogP contribution < -0.4 is 10.1 Å². The van der Waals surface area contributed by atoms with Crippen LogP contribution in [0.3, 0.4) is 0 Å². The van der Waals surface area contributed by atoms with Crippen LogP contribution in [0.5, 0.6) is 5.88 Å². The van der Waals surface area contributed by atoms with Gasteiger partial charge in [-0.3, -0.25) is 0 Å². The molecular formula is C16H27N3O. The van der Waals surface area contributed by atoms with Gasteiger partial charge in [-0.2, -0.15) is 4.98 Å². The molecule has 1 aromatic heterocycles. The summed E-state index contributed by atoms with van der Waals surface area (Å²) in [6.45, 7) is 11.5. The second-order valence-corrected chi connectivity index (χ2v) is 6.56. The smallest absolute Gasteiger partial charge is 0.222 e. The Bertz CT molecular complexity index is 461. The van der Waals surface area contributed by atoms with Crippen molar-refractivity contribution in [3.05, 3.63) is 11.4 Å². The highest BCUT2D eigenvalue weighted by Crippen LogP contribution is 2.37. The molecule has 1 N–H and O–H groups in total. The molecule has 0 atom stereocenters. The Hall–Kier alpha value is -1.32. The number of hydrogen-bond acceptors (Lipinski definition) is 4. The number of hydrogen-bond donors (Lipinski definition) is 1. The highest BCUT2D eigenvalue weighted by molar-refractivity contribution is 5.48. The van der Waals surface area contributed by atoms with Crippen molar-refractivity contribution in [1.29, 1.82) is 0 Å². The molecule has 0 amide bonds. The maximum Gasteiger partial charge on any atom is 0.222 e. The first kappa shape index (κ1) is 15.1. The molecule has 0 aromatic carbocycles. The van der Waals surface area contributed by atoms with E-state index in [4.69, 9.17) is 4.74 Å². The van der Waals surface area contributed by atoms with Gasteiger partial charge in [0, 0.05) is 6.54 Å². The minimum absolute atomic E-state index is 0.297. The van der Waals surface area contributed by atoms with E-state index in [1.54, 1.807) is 0 Å². The quantitative estimate of drug-likeness (QED) is 0.907. The zero-order valence-electron chi connectivity index (χ0n) is 13.4. The molecule has 4 heteroatoms. The Labute approximate surface area is 122 Å². The number of aryl methyl sites for hydroxylation is 1. The summed E-state index contributed by atoms with van der Waals surface area (Å²) in [4.78, 5) is 8.91. The largest absolute Gasteiger partial charge is 0.474 e. The number of nitrogens with zero attached hydrogens (tertiary/aromatic N) is 2. The van der Waals surface area contributed by atoms with Crippen LogP contribution in [0.2, 0.25) is 0 Å². The van der Waals surface area contributed by atoms with E-state index in [2.05, 4.69) is 36.1 Å². The fourth-order valence-corrected chi connectivity index (χ4v) is 2.71. The number of anilines is 1. The minimum atomic E-state index is 0.297. The number of aromatic nitrogens is 2. The third-order valence-corrected chi connectivity index (χ3v) is 4.12. The fourth-order valence-electron chi connectivity index (χ4n) is 2.71. The first-order valence-electron chi connectivity index (χ1n) is 7.67.